The van der Waals surface area contributed by atoms with Gasteiger partial charge in [0.15, 0.2) is 11.0 Å². The molecule has 1 heterocycles. The molecule has 2 aromatic carbocycles. The normalized spacial score (nSPS) is 11.6. The molecule has 0 aliphatic carbocycles. The zero-order valence-corrected chi connectivity index (χ0v) is 17.1. The average Bonchev–Trinajstić information content (AvgIpc) is 3.04. The second kappa shape index (κ2) is 8.27. The molecule has 0 unspecified atom stereocenters. The Morgan fingerprint density at radius 1 is 1.04 bits per heavy atom. The molecular formula is C22H23F2N3S. The lowest BCUT2D eigenvalue weighted by Crippen LogP contribution is -2.10. The van der Waals surface area contributed by atoms with Crippen molar-refractivity contribution in [3.05, 3.63) is 77.9 Å². The van der Waals surface area contributed by atoms with E-state index in [4.69, 9.17) is 0 Å². The van der Waals surface area contributed by atoms with Gasteiger partial charge >= 0.3 is 0 Å². The second-order valence-electron chi connectivity index (χ2n) is 7.52. The van der Waals surface area contributed by atoms with Crippen LogP contribution in [0.1, 0.15) is 31.9 Å². The topological polar surface area (TPSA) is 30.7 Å². The molecule has 0 bridgehead atoms. The molecular weight excluding hydrogens is 376 g/mol. The molecule has 0 aliphatic heterocycles. The van der Waals surface area contributed by atoms with Crippen LogP contribution >= 0.6 is 11.8 Å². The molecule has 0 saturated heterocycles. The number of hydrogen-bond donors (Lipinski definition) is 0. The van der Waals surface area contributed by atoms with E-state index in [9.17, 15) is 8.78 Å². The van der Waals surface area contributed by atoms with Crippen molar-refractivity contribution < 1.29 is 8.78 Å². The van der Waals surface area contributed by atoms with Crippen LogP contribution < -0.4 is 0 Å². The van der Waals surface area contributed by atoms with Crippen molar-refractivity contribution in [1.82, 2.24) is 14.8 Å². The van der Waals surface area contributed by atoms with Crippen molar-refractivity contribution in [1.29, 1.82) is 0 Å². The summed E-state index contributed by atoms with van der Waals surface area (Å²) in [7, 11) is 0. The van der Waals surface area contributed by atoms with E-state index in [1.54, 1.807) is 6.08 Å². The molecule has 146 valence electrons. The number of allylic oxidation sites excluding steroid dienone is 1. The first-order valence-electron chi connectivity index (χ1n) is 9.02. The molecule has 6 heteroatoms. The van der Waals surface area contributed by atoms with Gasteiger partial charge in [-0.25, -0.2) is 8.78 Å². The molecule has 0 spiro atoms. The number of aromatic nitrogens is 3. The highest BCUT2D eigenvalue weighted by molar-refractivity contribution is 7.98. The van der Waals surface area contributed by atoms with E-state index in [1.165, 1.54) is 35.5 Å². The number of hydrogen-bond acceptors (Lipinski definition) is 3. The third-order valence-electron chi connectivity index (χ3n) is 4.44. The molecule has 28 heavy (non-hydrogen) atoms. The minimum absolute atomic E-state index is 0.0386. The van der Waals surface area contributed by atoms with Gasteiger partial charge in [0.05, 0.1) is 0 Å². The van der Waals surface area contributed by atoms with Crippen molar-refractivity contribution in [2.45, 2.75) is 43.6 Å². The quantitative estimate of drug-likeness (QED) is 0.376. The van der Waals surface area contributed by atoms with Gasteiger partial charge < -0.3 is 0 Å². The standard InChI is InChI=1S/C22H23F2N3S/c1-5-13-27-20(15-9-11-16(12-10-15)22(2,3)4)25-26-21(27)28-14-17-18(23)7-6-8-19(17)24/h5-12H,1,13-14H2,2-4H3. The van der Waals surface area contributed by atoms with E-state index < -0.39 is 11.6 Å². The maximum Gasteiger partial charge on any atom is 0.192 e. The van der Waals surface area contributed by atoms with Crippen LogP contribution in [0.4, 0.5) is 8.78 Å². The van der Waals surface area contributed by atoms with Crippen LogP contribution in [-0.4, -0.2) is 14.8 Å². The second-order valence-corrected chi connectivity index (χ2v) is 8.46. The van der Waals surface area contributed by atoms with E-state index >= 15 is 0 Å². The van der Waals surface area contributed by atoms with E-state index in [1.807, 2.05) is 16.7 Å². The molecule has 0 atom stereocenters. The summed E-state index contributed by atoms with van der Waals surface area (Å²) < 4.78 is 29.7. The number of halogens is 2. The van der Waals surface area contributed by atoms with Gasteiger partial charge in [-0.15, -0.1) is 16.8 Å². The van der Waals surface area contributed by atoms with Crippen LogP contribution in [0.25, 0.3) is 11.4 Å². The Morgan fingerprint density at radius 2 is 1.68 bits per heavy atom. The van der Waals surface area contributed by atoms with E-state index in [0.717, 1.165) is 5.56 Å². The highest BCUT2D eigenvalue weighted by Crippen LogP contribution is 2.30. The minimum atomic E-state index is -0.555. The van der Waals surface area contributed by atoms with Crippen LogP contribution in [0.3, 0.4) is 0 Å². The summed E-state index contributed by atoms with van der Waals surface area (Å²) >= 11 is 1.25. The first-order valence-corrected chi connectivity index (χ1v) is 10.0. The number of rotatable bonds is 6. The van der Waals surface area contributed by atoms with E-state index in [0.29, 0.717) is 17.5 Å². The Balaban J connectivity index is 1.88. The molecule has 3 nitrogen and oxygen atoms in total. The first-order chi connectivity index (χ1) is 13.3. The SMILES string of the molecule is C=CCn1c(SCc2c(F)cccc2F)nnc1-c1ccc(C(C)(C)C)cc1. The van der Waals surface area contributed by atoms with Crippen LogP contribution in [0.2, 0.25) is 0 Å². The van der Waals surface area contributed by atoms with E-state index in [-0.39, 0.29) is 16.7 Å². The Morgan fingerprint density at radius 3 is 2.25 bits per heavy atom. The van der Waals surface area contributed by atoms with Gasteiger partial charge in [-0.1, -0.05) is 68.9 Å². The summed E-state index contributed by atoms with van der Waals surface area (Å²) in [4.78, 5) is 0. The Labute approximate surface area is 168 Å². The third kappa shape index (κ3) is 4.33. The smallest absolute Gasteiger partial charge is 0.192 e. The molecule has 1 aromatic heterocycles. The van der Waals surface area contributed by atoms with Crippen molar-refractivity contribution in [3.63, 3.8) is 0 Å². The van der Waals surface area contributed by atoms with Gasteiger partial charge in [0.25, 0.3) is 0 Å². The maximum atomic E-state index is 13.9. The molecule has 0 amide bonds. The Hall–Kier alpha value is -2.47. The summed E-state index contributed by atoms with van der Waals surface area (Å²) in [6, 6.07) is 12.1. The molecule has 0 N–H and O–H groups in total. The molecule has 0 saturated carbocycles. The van der Waals surface area contributed by atoms with Crippen LogP contribution in [0.15, 0.2) is 60.3 Å². The third-order valence-corrected chi connectivity index (χ3v) is 5.44. The van der Waals surface area contributed by atoms with Gasteiger partial charge in [-0.05, 0) is 23.1 Å². The molecule has 0 aliphatic rings. The number of benzene rings is 2. The summed E-state index contributed by atoms with van der Waals surface area (Å²) in [5, 5.41) is 9.15. The maximum absolute atomic E-state index is 13.9. The minimum Gasteiger partial charge on any atom is -0.298 e. The van der Waals surface area contributed by atoms with Crippen molar-refractivity contribution >= 4 is 11.8 Å². The van der Waals surface area contributed by atoms with Gasteiger partial charge in [-0.2, -0.15) is 0 Å². The summed E-state index contributed by atoms with van der Waals surface area (Å²) in [5.74, 6) is -0.270. The Bertz CT molecular complexity index is 952. The average molecular weight is 400 g/mol. The predicted molar refractivity (Wildman–Crippen MR) is 110 cm³/mol. The highest BCUT2D eigenvalue weighted by atomic mass is 32.2. The lowest BCUT2D eigenvalue weighted by Gasteiger charge is -2.19. The molecule has 3 aromatic rings. The van der Waals surface area contributed by atoms with Gasteiger partial charge in [0.2, 0.25) is 0 Å². The lowest BCUT2D eigenvalue weighted by atomic mass is 9.87. The highest BCUT2D eigenvalue weighted by Gasteiger charge is 2.17. The Kier molecular flexibility index (Phi) is 5.98. The van der Waals surface area contributed by atoms with Gasteiger partial charge in [0, 0.05) is 23.4 Å². The zero-order valence-electron chi connectivity index (χ0n) is 16.2. The molecule has 0 fully saturated rings. The molecule has 0 radical (unpaired) electrons. The van der Waals surface area contributed by atoms with Crippen molar-refractivity contribution in [2.75, 3.05) is 0 Å². The fourth-order valence-corrected chi connectivity index (χ4v) is 3.79. The fourth-order valence-electron chi connectivity index (χ4n) is 2.83. The summed E-state index contributed by atoms with van der Waals surface area (Å²) in [6.07, 6.45) is 1.75. The van der Waals surface area contributed by atoms with Crippen molar-refractivity contribution in [3.8, 4) is 11.4 Å². The van der Waals surface area contributed by atoms with Crippen LogP contribution in [-0.2, 0) is 17.7 Å². The predicted octanol–water partition coefficient (Wildman–Crippen LogP) is 6.00. The monoisotopic (exact) mass is 399 g/mol. The molecule has 3 rings (SSSR count). The van der Waals surface area contributed by atoms with Crippen LogP contribution in [0.5, 0.6) is 0 Å². The van der Waals surface area contributed by atoms with Gasteiger partial charge in [0.1, 0.15) is 11.6 Å². The largest absolute Gasteiger partial charge is 0.298 e. The van der Waals surface area contributed by atoms with Crippen molar-refractivity contribution in [2.24, 2.45) is 0 Å². The first kappa shape index (κ1) is 20.3. The zero-order chi connectivity index (χ0) is 20.3. The number of thioether (sulfide) groups is 1. The number of nitrogens with zero attached hydrogens (tertiary/aromatic N) is 3. The van der Waals surface area contributed by atoms with Crippen LogP contribution in [0, 0.1) is 11.6 Å². The summed E-state index contributed by atoms with van der Waals surface area (Å²) in [6.45, 7) is 10.8. The lowest BCUT2D eigenvalue weighted by molar-refractivity contribution is 0.566. The summed E-state index contributed by atoms with van der Waals surface area (Å²) in [5.41, 5.74) is 2.27. The van der Waals surface area contributed by atoms with Gasteiger partial charge in [-0.3, -0.25) is 4.57 Å². The van der Waals surface area contributed by atoms with E-state index in [2.05, 4.69) is 49.7 Å². The fraction of sp³-hybridized carbons (Fsp3) is 0.273.